The fourth-order valence-corrected chi connectivity index (χ4v) is 3.56. The summed E-state index contributed by atoms with van der Waals surface area (Å²) in [6.07, 6.45) is -2.17. The highest BCUT2D eigenvalue weighted by Gasteiger charge is 2.42. The zero-order valence-electron chi connectivity index (χ0n) is 15.8. The molecular weight excluding hydrogens is 342 g/mol. The fourth-order valence-electron chi connectivity index (χ4n) is 3.56. The predicted molar refractivity (Wildman–Crippen MR) is 104 cm³/mol. The lowest BCUT2D eigenvalue weighted by molar-refractivity contribution is -0.175. The zero-order chi connectivity index (χ0) is 19.1. The van der Waals surface area contributed by atoms with Gasteiger partial charge in [0.1, 0.15) is 12.2 Å². The summed E-state index contributed by atoms with van der Waals surface area (Å²) >= 11 is 0. The number of aliphatic hydroxyl groups is 2. The van der Waals surface area contributed by atoms with Crippen molar-refractivity contribution >= 4 is 0 Å². The molecule has 27 heavy (non-hydrogen) atoms. The first-order valence-electron chi connectivity index (χ1n) is 9.56. The van der Waals surface area contributed by atoms with E-state index in [2.05, 4.69) is 4.90 Å². The average molecular weight is 371 g/mol. The van der Waals surface area contributed by atoms with Crippen molar-refractivity contribution < 1.29 is 19.7 Å². The molecule has 0 aliphatic carbocycles. The van der Waals surface area contributed by atoms with Crippen molar-refractivity contribution in [2.24, 2.45) is 0 Å². The van der Waals surface area contributed by atoms with E-state index in [1.807, 2.05) is 67.6 Å². The third-order valence-corrected chi connectivity index (χ3v) is 5.09. The van der Waals surface area contributed by atoms with Crippen LogP contribution in [0.2, 0.25) is 0 Å². The van der Waals surface area contributed by atoms with Crippen LogP contribution >= 0.6 is 0 Å². The second-order valence-electron chi connectivity index (χ2n) is 6.97. The highest BCUT2D eigenvalue weighted by molar-refractivity contribution is 5.14. The Bertz CT molecular complexity index is 667. The van der Waals surface area contributed by atoms with E-state index in [9.17, 15) is 10.2 Å². The van der Waals surface area contributed by atoms with Gasteiger partial charge in [0.25, 0.3) is 0 Å². The van der Waals surface area contributed by atoms with Crippen LogP contribution in [-0.4, -0.2) is 59.2 Å². The maximum absolute atomic E-state index is 10.9. The molecule has 1 aliphatic heterocycles. The largest absolute Gasteiger partial charge is 0.389 e. The molecule has 0 bridgehead atoms. The van der Waals surface area contributed by atoms with Crippen molar-refractivity contribution in [3.8, 4) is 0 Å². The Morgan fingerprint density at radius 1 is 0.926 bits per heavy atom. The van der Waals surface area contributed by atoms with E-state index in [1.165, 1.54) is 0 Å². The minimum absolute atomic E-state index is 0.206. The third kappa shape index (κ3) is 5.37. The number of ether oxygens (including phenoxy) is 2. The SMILES string of the molecule is CCN1CC(O)C(OCc2ccccc2)[C@H](O)C1COCc1ccccc1. The van der Waals surface area contributed by atoms with Crippen LogP contribution in [0.5, 0.6) is 0 Å². The molecule has 0 saturated carbocycles. The summed E-state index contributed by atoms with van der Waals surface area (Å²) in [5.41, 5.74) is 2.12. The fraction of sp³-hybridized carbons (Fsp3) is 0.455. The monoisotopic (exact) mass is 371 g/mol. The van der Waals surface area contributed by atoms with Crippen molar-refractivity contribution in [2.45, 2.75) is 44.5 Å². The Kier molecular flexibility index (Phi) is 7.38. The van der Waals surface area contributed by atoms with E-state index < -0.39 is 18.3 Å². The van der Waals surface area contributed by atoms with Gasteiger partial charge in [-0.2, -0.15) is 0 Å². The summed E-state index contributed by atoms with van der Waals surface area (Å²) in [7, 11) is 0. The maximum atomic E-state index is 10.9. The lowest BCUT2D eigenvalue weighted by Crippen LogP contribution is -2.63. The number of nitrogens with zero attached hydrogens (tertiary/aromatic N) is 1. The highest BCUT2D eigenvalue weighted by atomic mass is 16.5. The molecule has 1 heterocycles. The summed E-state index contributed by atoms with van der Waals surface area (Å²) in [6, 6.07) is 19.6. The van der Waals surface area contributed by atoms with E-state index in [0.717, 1.165) is 17.7 Å². The van der Waals surface area contributed by atoms with Crippen LogP contribution in [0.25, 0.3) is 0 Å². The van der Waals surface area contributed by atoms with Gasteiger partial charge < -0.3 is 19.7 Å². The lowest BCUT2D eigenvalue weighted by atomic mass is 9.94. The van der Waals surface area contributed by atoms with Gasteiger partial charge >= 0.3 is 0 Å². The van der Waals surface area contributed by atoms with Gasteiger partial charge in [-0.1, -0.05) is 67.6 Å². The Morgan fingerprint density at radius 2 is 1.52 bits per heavy atom. The van der Waals surface area contributed by atoms with E-state index in [4.69, 9.17) is 9.47 Å². The van der Waals surface area contributed by atoms with Crippen molar-refractivity contribution in [1.82, 2.24) is 4.90 Å². The smallest absolute Gasteiger partial charge is 0.112 e. The molecule has 4 atom stereocenters. The van der Waals surface area contributed by atoms with Crippen molar-refractivity contribution in [2.75, 3.05) is 19.7 Å². The first-order valence-corrected chi connectivity index (χ1v) is 9.56. The van der Waals surface area contributed by atoms with Crippen LogP contribution in [0.4, 0.5) is 0 Å². The molecular formula is C22H29NO4. The summed E-state index contributed by atoms with van der Waals surface area (Å²) < 4.78 is 11.8. The minimum atomic E-state index is -0.812. The Hall–Kier alpha value is -1.76. The molecule has 146 valence electrons. The van der Waals surface area contributed by atoms with Gasteiger partial charge in [0, 0.05) is 6.54 Å². The summed E-state index contributed by atoms with van der Waals surface area (Å²) in [6.45, 7) is 4.48. The lowest BCUT2D eigenvalue weighted by Gasteiger charge is -2.45. The van der Waals surface area contributed by atoms with E-state index in [-0.39, 0.29) is 6.04 Å². The zero-order valence-corrected chi connectivity index (χ0v) is 15.8. The summed E-state index contributed by atoms with van der Waals surface area (Å²) in [5, 5.41) is 21.3. The van der Waals surface area contributed by atoms with Gasteiger partial charge in [0.2, 0.25) is 0 Å². The van der Waals surface area contributed by atoms with Crippen LogP contribution in [-0.2, 0) is 22.7 Å². The van der Waals surface area contributed by atoms with Crippen molar-refractivity contribution in [1.29, 1.82) is 0 Å². The molecule has 2 aromatic carbocycles. The van der Waals surface area contributed by atoms with Gasteiger partial charge in [0.15, 0.2) is 0 Å². The summed E-state index contributed by atoms with van der Waals surface area (Å²) in [5.74, 6) is 0. The van der Waals surface area contributed by atoms with Crippen LogP contribution in [0.15, 0.2) is 60.7 Å². The van der Waals surface area contributed by atoms with Gasteiger partial charge in [-0.05, 0) is 17.7 Å². The van der Waals surface area contributed by atoms with Crippen LogP contribution in [0, 0.1) is 0 Å². The topological polar surface area (TPSA) is 62.2 Å². The van der Waals surface area contributed by atoms with Gasteiger partial charge in [-0.25, -0.2) is 0 Å². The van der Waals surface area contributed by atoms with Gasteiger partial charge in [0.05, 0.1) is 32.0 Å². The molecule has 0 amide bonds. The van der Waals surface area contributed by atoms with Gasteiger partial charge in [-0.15, -0.1) is 0 Å². The van der Waals surface area contributed by atoms with Crippen molar-refractivity contribution in [3.05, 3.63) is 71.8 Å². The molecule has 0 spiro atoms. The molecule has 5 heteroatoms. The number of benzene rings is 2. The van der Waals surface area contributed by atoms with Crippen LogP contribution in [0.3, 0.4) is 0 Å². The second-order valence-corrected chi connectivity index (χ2v) is 6.97. The molecule has 3 unspecified atom stereocenters. The molecule has 2 aromatic rings. The standard InChI is InChI=1S/C22H29NO4/c1-2-23-13-20(24)22(27-15-18-11-7-4-8-12-18)21(25)19(23)16-26-14-17-9-5-3-6-10-17/h3-12,19-22,24-25H,2,13-16H2,1H3/t19?,20?,21-,22?/m1/s1. The molecule has 1 saturated heterocycles. The van der Waals surface area contributed by atoms with E-state index in [0.29, 0.717) is 26.4 Å². The Balaban J connectivity index is 1.58. The van der Waals surface area contributed by atoms with Crippen molar-refractivity contribution in [3.63, 3.8) is 0 Å². The molecule has 3 rings (SSSR count). The molecule has 0 aromatic heterocycles. The Morgan fingerprint density at radius 3 is 2.11 bits per heavy atom. The van der Waals surface area contributed by atoms with Crippen LogP contribution in [0.1, 0.15) is 18.1 Å². The molecule has 5 nitrogen and oxygen atoms in total. The number of rotatable bonds is 8. The first kappa shape index (κ1) is 20.0. The average Bonchev–Trinajstić information content (AvgIpc) is 2.70. The second kappa shape index (κ2) is 9.97. The Labute approximate surface area is 161 Å². The number of likely N-dealkylation sites (N-methyl/N-ethyl adjacent to an activating group) is 1. The van der Waals surface area contributed by atoms with E-state index in [1.54, 1.807) is 0 Å². The third-order valence-electron chi connectivity index (χ3n) is 5.09. The minimum Gasteiger partial charge on any atom is -0.389 e. The maximum Gasteiger partial charge on any atom is 0.112 e. The number of hydrogen-bond donors (Lipinski definition) is 2. The number of aliphatic hydroxyl groups excluding tert-OH is 2. The normalized spacial score (nSPS) is 26.2. The number of β-amino-alcohol motifs (C(OH)–C–C–N with tert-alkyl or cyclic N) is 1. The first-order chi connectivity index (χ1) is 13.2. The quantitative estimate of drug-likeness (QED) is 0.745. The highest BCUT2D eigenvalue weighted by Crippen LogP contribution is 2.23. The predicted octanol–water partition coefficient (Wildman–Crippen LogP) is 2.21. The molecule has 1 aliphatic rings. The number of hydrogen-bond acceptors (Lipinski definition) is 5. The number of likely N-dealkylation sites (tertiary alicyclic amines) is 1. The summed E-state index contributed by atoms with van der Waals surface area (Å²) in [4.78, 5) is 2.06. The number of piperidine rings is 1. The molecule has 1 fully saturated rings. The van der Waals surface area contributed by atoms with Crippen LogP contribution < -0.4 is 0 Å². The van der Waals surface area contributed by atoms with E-state index >= 15 is 0 Å². The van der Waals surface area contributed by atoms with Gasteiger partial charge in [-0.3, -0.25) is 4.90 Å². The molecule has 2 N–H and O–H groups in total. The molecule has 0 radical (unpaired) electrons.